The number of benzene rings is 1. The summed E-state index contributed by atoms with van der Waals surface area (Å²) in [5.74, 6) is 1.38. The van der Waals surface area contributed by atoms with Gasteiger partial charge in [-0.3, -0.25) is 9.69 Å². The van der Waals surface area contributed by atoms with Crippen LogP contribution in [0.15, 0.2) is 65.8 Å². The van der Waals surface area contributed by atoms with Crippen molar-refractivity contribution in [2.24, 2.45) is 4.99 Å². The van der Waals surface area contributed by atoms with Crippen LogP contribution >= 0.6 is 0 Å². The zero-order chi connectivity index (χ0) is 27.2. The Morgan fingerprint density at radius 2 is 2.05 bits per heavy atom. The molecule has 0 spiro atoms. The van der Waals surface area contributed by atoms with E-state index < -0.39 is 0 Å². The normalized spacial score (nSPS) is 18.0. The summed E-state index contributed by atoms with van der Waals surface area (Å²) in [6.07, 6.45) is 7.56. The highest BCUT2D eigenvalue weighted by Crippen LogP contribution is 2.28. The number of aromatic nitrogens is 1. The molecule has 39 heavy (non-hydrogen) atoms. The van der Waals surface area contributed by atoms with Crippen LogP contribution in [0.5, 0.6) is 0 Å². The number of aliphatic imine (C=N–C) groups is 1. The largest absolute Gasteiger partial charge is 0.378 e. The van der Waals surface area contributed by atoms with Gasteiger partial charge in [-0.15, -0.1) is 0 Å². The highest BCUT2D eigenvalue weighted by molar-refractivity contribution is 5.98. The minimum absolute atomic E-state index is 0.0527. The number of anilines is 3. The summed E-state index contributed by atoms with van der Waals surface area (Å²) < 4.78 is 5.33. The van der Waals surface area contributed by atoms with Crippen LogP contribution in [0.2, 0.25) is 0 Å². The zero-order valence-corrected chi connectivity index (χ0v) is 21.6. The van der Waals surface area contributed by atoms with E-state index in [4.69, 9.17) is 10.00 Å². The maximum atomic E-state index is 12.8. The number of nitrogens with one attached hydrogen (secondary N) is 4. The summed E-state index contributed by atoms with van der Waals surface area (Å²) in [7, 11) is 0. The van der Waals surface area contributed by atoms with Crippen LogP contribution in [0.4, 0.5) is 22.0 Å². The number of rotatable bonds is 7. The number of pyridine rings is 1. The number of nitriles is 1. The third kappa shape index (κ3) is 5.90. The van der Waals surface area contributed by atoms with E-state index in [1.807, 2.05) is 43.6 Å². The van der Waals surface area contributed by atoms with E-state index in [-0.39, 0.29) is 24.9 Å². The summed E-state index contributed by atoms with van der Waals surface area (Å²) in [6, 6.07) is 10.9. The fourth-order valence-corrected chi connectivity index (χ4v) is 4.58. The van der Waals surface area contributed by atoms with Gasteiger partial charge in [-0.25, -0.2) is 14.7 Å². The van der Waals surface area contributed by atoms with E-state index in [9.17, 15) is 9.59 Å². The van der Waals surface area contributed by atoms with Crippen molar-refractivity contribution in [1.29, 1.82) is 5.26 Å². The van der Waals surface area contributed by atoms with Crippen LogP contribution in [0.1, 0.15) is 22.3 Å². The number of amides is 3. The van der Waals surface area contributed by atoms with Crippen molar-refractivity contribution < 1.29 is 19.2 Å². The minimum Gasteiger partial charge on any atom is -0.378 e. The fourth-order valence-electron chi connectivity index (χ4n) is 4.58. The lowest BCUT2D eigenvalue weighted by atomic mass is 10.1. The number of urea groups is 1. The quantitative estimate of drug-likeness (QED) is 0.399. The van der Waals surface area contributed by atoms with Crippen molar-refractivity contribution in [2.45, 2.75) is 13.3 Å². The molecule has 12 nitrogen and oxygen atoms in total. The summed E-state index contributed by atoms with van der Waals surface area (Å²) >= 11 is 0. The molecule has 2 aromatic rings. The molecule has 1 unspecified atom stereocenters. The smallest absolute Gasteiger partial charge is 0.319 e. The van der Waals surface area contributed by atoms with Gasteiger partial charge in [0.05, 0.1) is 43.2 Å². The van der Waals surface area contributed by atoms with Gasteiger partial charge in [0, 0.05) is 37.7 Å². The van der Waals surface area contributed by atoms with E-state index >= 15 is 0 Å². The van der Waals surface area contributed by atoms with Crippen LogP contribution in [0.3, 0.4) is 0 Å². The molecule has 12 heteroatoms. The van der Waals surface area contributed by atoms with Crippen molar-refractivity contribution in [1.82, 2.24) is 15.2 Å². The van der Waals surface area contributed by atoms with Gasteiger partial charge in [0.1, 0.15) is 17.7 Å². The first-order chi connectivity index (χ1) is 19.0. The molecule has 1 aromatic heterocycles. The Morgan fingerprint density at radius 3 is 2.82 bits per heavy atom. The van der Waals surface area contributed by atoms with E-state index in [2.05, 4.69) is 30.8 Å². The predicted molar refractivity (Wildman–Crippen MR) is 146 cm³/mol. The molecule has 3 aliphatic heterocycles. The first-order valence-electron chi connectivity index (χ1n) is 12.7. The number of hydrogen-bond acceptors (Lipinski definition) is 8. The van der Waals surface area contributed by atoms with Crippen molar-refractivity contribution in [3.05, 3.63) is 72.0 Å². The number of hydrogen-bond donors (Lipinski definition) is 4. The van der Waals surface area contributed by atoms with Crippen LogP contribution < -0.4 is 25.8 Å². The molecule has 1 atom stereocenters. The molecule has 4 N–H and O–H groups in total. The Kier molecular flexibility index (Phi) is 7.81. The molecule has 1 aromatic carbocycles. The number of quaternary nitrogens is 1. The highest BCUT2D eigenvalue weighted by Gasteiger charge is 2.32. The number of fused-ring (bicyclic) bond motifs is 1. The van der Waals surface area contributed by atoms with Gasteiger partial charge in [0.2, 0.25) is 0 Å². The van der Waals surface area contributed by atoms with Crippen molar-refractivity contribution >= 4 is 35.0 Å². The molecule has 4 heterocycles. The Morgan fingerprint density at radius 1 is 1.21 bits per heavy atom. The third-order valence-electron chi connectivity index (χ3n) is 6.62. The monoisotopic (exact) mass is 528 g/mol. The number of ether oxygens (including phenoxy) is 1. The molecule has 3 aliphatic rings. The molecule has 1 fully saturated rings. The maximum Gasteiger partial charge on any atom is 0.319 e. The van der Waals surface area contributed by atoms with Crippen LogP contribution in [0.25, 0.3) is 0 Å². The van der Waals surface area contributed by atoms with Crippen LogP contribution in [0, 0.1) is 18.3 Å². The second-order valence-corrected chi connectivity index (χ2v) is 9.19. The van der Waals surface area contributed by atoms with E-state index in [0.29, 0.717) is 50.0 Å². The van der Waals surface area contributed by atoms with Gasteiger partial charge in [-0.05, 0) is 36.8 Å². The van der Waals surface area contributed by atoms with Crippen molar-refractivity contribution in [2.75, 3.05) is 55.1 Å². The molecule has 0 bridgehead atoms. The van der Waals surface area contributed by atoms with E-state index in [0.717, 1.165) is 27.7 Å². The molecule has 200 valence electrons. The molecule has 0 aliphatic carbocycles. The van der Waals surface area contributed by atoms with Gasteiger partial charge in [0.15, 0.2) is 6.67 Å². The Hall–Kier alpha value is -4.73. The molecule has 5 rings (SSSR count). The molecule has 0 radical (unpaired) electrons. The van der Waals surface area contributed by atoms with Crippen LogP contribution in [-0.4, -0.2) is 67.2 Å². The second-order valence-electron chi connectivity index (χ2n) is 9.19. The maximum absolute atomic E-state index is 12.8. The van der Waals surface area contributed by atoms with Gasteiger partial charge >= 0.3 is 6.03 Å². The van der Waals surface area contributed by atoms with E-state index in [1.54, 1.807) is 29.4 Å². The number of carbonyl (C=O) groups is 2. The average molecular weight is 529 g/mol. The lowest BCUT2D eigenvalue weighted by Crippen LogP contribution is -3.12. The van der Waals surface area contributed by atoms with Gasteiger partial charge < -0.3 is 25.6 Å². The molecule has 0 saturated carbocycles. The fraction of sp³-hybridized carbons (Fsp3) is 0.296. The Balaban J connectivity index is 1.33. The first kappa shape index (κ1) is 25.9. The van der Waals surface area contributed by atoms with E-state index in [1.165, 1.54) is 0 Å². The standard InChI is InChI=1S/C27H29N9O3/c1-19-21(33-27(38)30-9-3-8-28)4-2-5-23(19)36-17-22(25-29-10-11-35(25)18-36)32-24-7-6-20(16-31-24)26(37)34-12-14-39-15-13-34/h2,4-7,10-11,16-17H,3,9,12-15,18H2,1H3,(H,31,32)(H2,30,33,38)/p+1. The summed E-state index contributed by atoms with van der Waals surface area (Å²) in [6.45, 7) is 5.10. The molecule has 3 amide bonds. The summed E-state index contributed by atoms with van der Waals surface area (Å²) in [5, 5.41) is 17.6. The Bertz CT molecular complexity index is 1370. The average Bonchev–Trinajstić information content (AvgIpc) is 3.44. The number of carbonyl (C=O) groups excluding carboxylic acids is 2. The first-order valence-corrected chi connectivity index (χ1v) is 12.7. The number of nitrogens with zero attached hydrogens (tertiary/aromatic N) is 5. The summed E-state index contributed by atoms with van der Waals surface area (Å²) in [4.78, 5) is 39.0. The number of amidine groups is 1. The van der Waals surface area contributed by atoms with Crippen LogP contribution in [-0.2, 0) is 4.74 Å². The lowest BCUT2D eigenvalue weighted by Gasteiger charge is -2.31. The SMILES string of the molecule is Cc1c(NC(=O)NCCC#N)cccc1N1C=C(Nc2ccc(C(=O)N3CCOCC3)cn2)C2=NC=C[NH+]2C1. The highest BCUT2D eigenvalue weighted by atomic mass is 16.5. The Labute approximate surface area is 226 Å². The minimum atomic E-state index is -0.355. The zero-order valence-electron chi connectivity index (χ0n) is 21.6. The molecule has 1 saturated heterocycles. The molecular formula is C27H30N9O3+. The number of morpholine rings is 1. The third-order valence-corrected chi connectivity index (χ3v) is 6.62. The van der Waals surface area contributed by atoms with Gasteiger partial charge in [-0.2, -0.15) is 10.3 Å². The van der Waals surface area contributed by atoms with Gasteiger partial charge in [-0.1, -0.05) is 6.07 Å². The summed E-state index contributed by atoms with van der Waals surface area (Å²) in [5.41, 5.74) is 3.81. The van der Waals surface area contributed by atoms with Crippen molar-refractivity contribution in [3.63, 3.8) is 0 Å². The topological polar surface area (TPSA) is 139 Å². The lowest BCUT2D eigenvalue weighted by molar-refractivity contribution is -0.743. The molecular weight excluding hydrogens is 498 g/mol. The van der Waals surface area contributed by atoms with Gasteiger partial charge in [0.25, 0.3) is 11.7 Å². The predicted octanol–water partition coefficient (Wildman–Crippen LogP) is 1.40. The second kappa shape index (κ2) is 11.8. The van der Waals surface area contributed by atoms with Crippen molar-refractivity contribution in [3.8, 4) is 6.07 Å².